The van der Waals surface area contributed by atoms with Crippen molar-refractivity contribution in [2.75, 3.05) is 26.4 Å². The molecule has 8 nitrogen and oxygen atoms in total. The zero-order valence-corrected chi connectivity index (χ0v) is 15.8. The van der Waals surface area contributed by atoms with E-state index >= 15 is 0 Å². The van der Waals surface area contributed by atoms with Crippen LogP contribution in [0.1, 0.15) is 64.2 Å². The van der Waals surface area contributed by atoms with Crippen molar-refractivity contribution in [2.45, 2.75) is 88.6 Å². The third kappa shape index (κ3) is 17.1. The second-order valence-electron chi connectivity index (χ2n) is 6.46. The van der Waals surface area contributed by atoms with Crippen molar-refractivity contribution in [1.82, 2.24) is 0 Å². The predicted octanol–water partition coefficient (Wildman–Crippen LogP) is -0.713. The van der Waals surface area contributed by atoms with Gasteiger partial charge in [0.25, 0.3) is 0 Å². The normalized spacial score (nSPS) is 15.7. The minimum atomic E-state index is -1.67. The fourth-order valence-electron chi connectivity index (χ4n) is 2.31. The van der Waals surface area contributed by atoms with Crippen molar-refractivity contribution < 1.29 is 40.9 Å². The summed E-state index contributed by atoms with van der Waals surface area (Å²) in [5.74, 6) is 0. The van der Waals surface area contributed by atoms with Crippen LogP contribution in [0.3, 0.4) is 0 Å². The number of rotatable bonds is 16. The third-order valence-corrected chi connectivity index (χ3v) is 4.08. The van der Waals surface area contributed by atoms with E-state index in [9.17, 15) is 0 Å². The summed E-state index contributed by atoms with van der Waals surface area (Å²) in [6.45, 7) is -0.755. The van der Waals surface area contributed by atoms with Gasteiger partial charge in [0.05, 0.1) is 13.2 Å². The van der Waals surface area contributed by atoms with Gasteiger partial charge in [-0.15, -0.1) is 0 Å². The molecular weight excluding hydrogens is 344 g/mol. The maximum absolute atomic E-state index is 8.96. The fourth-order valence-corrected chi connectivity index (χ4v) is 2.31. The summed E-state index contributed by atoms with van der Waals surface area (Å²) in [5, 5.41) is 69.3. The molecule has 160 valence electrons. The SMILES string of the molecule is OCC(O)C(O)C(O)C(O)CO.OCCCCCCCCCCCCO. The van der Waals surface area contributed by atoms with Crippen molar-refractivity contribution in [2.24, 2.45) is 0 Å². The molecule has 0 rings (SSSR count). The van der Waals surface area contributed by atoms with Crippen LogP contribution in [0.25, 0.3) is 0 Å². The zero-order chi connectivity index (χ0) is 20.2. The van der Waals surface area contributed by atoms with E-state index in [4.69, 9.17) is 40.9 Å². The Morgan fingerprint density at radius 1 is 0.385 bits per heavy atom. The summed E-state index contributed by atoms with van der Waals surface area (Å²) >= 11 is 0. The van der Waals surface area contributed by atoms with E-state index < -0.39 is 37.6 Å². The Morgan fingerprint density at radius 3 is 0.808 bits per heavy atom. The van der Waals surface area contributed by atoms with Crippen LogP contribution >= 0.6 is 0 Å². The van der Waals surface area contributed by atoms with Crippen molar-refractivity contribution in [3.63, 3.8) is 0 Å². The van der Waals surface area contributed by atoms with Crippen LogP contribution < -0.4 is 0 Å². The van der Waals surface area contributed by atoms with Gasteiger partial charge < -0.3 is 40.9 Å². The van der Waals surface area contributed by atoms with E-state index in [2.05, 4.69) is 0 Å². The maximum Gasteiger partial charge on any atom is 0.111 e. The molecule has 0 radical (unpaired) electrons. The summed E-state index contributed by atoms with van der Waals surface area (Å²) < 4.78 is 0. The molecule has 0 saturated carbocycles. The Kier molecular flexibility index (Phi) is 22.5. The van der Waals surface area contributed by atoms with Crippen LogP contribution in [0.15, 0.2) is 0 Å². The van der Waals surface area contributed by atoms with Gasteiger partial charge in [0.1, 0.15) is 24.4 Å². The van der Waals surface area contributed by atoms with Crippen LogP contribution in [-0.4, -0.2) is 91.7 Å². The Bertz CT molecular complexity index is 242. The molecule has 0 bridgehead atoms. The minimum absolute atomic E-state index is 0.348. The first-order chi connectivity index (χ1) is 12.5. The molecule has 0 spiro atoms. The lowest BCUT2D eigenvalue weighted by Crippen LogP contribution is -2.46. The molecule has 0 saturated heterocycles. The Balaban J connectivity index is 0. The quantitative estimate of drug-likeness (QED) is 0.162. The first kappa shape index (κ1) is 27.9. The molecule has 0 aliphatic carbocycles. The highest BCUT2D eigenvalue weighted by Gasteiger charge is 2.29. The average molecular weight is 385 g/mol. The Morgan fingerprint density at radius 2 is 0.615 bits per heavy atom. The summed E-state index contributed by atoms with van der Waals surface area (Å²) in [5.41, 5.74) is 0. The summed E-state index contributed by atoms with van der Waals surface area (Å²) in [6, 6.07) is 0. The first-order valence-electron chi connectivity index (χ1n) is 9.61. The van der Waals surface area contributed by atoms with Crippen LogP contribution in [0, 0.1) is 0 Å². The number of hydrogen-bond acceptors (Lipinski definition) is 8. The number of unbranched alkanes of at least 4 members (excludes halogenated alkanes) is 9. The van der Waals surface area contributed by atoms with Gasteiger partial charge in [-0.05, 0) is 12.8 Å². The lowest BCUT2D eigenvalue weighted by Gasteiger charge is -2.24. The van der Waals surface area contributed by atoms with Crippen LogP contribution in [0.2, 0.25) is 0 Å². The van der Waals surface area contributed by atoms with E-state index in [1.165, 1.54) is 51.4 Å². The number of hydrogen-bond donors (Lipinski definition) is 8. The standard InChI is InChI=1S/C12H26O2.C6H14O6/c13-11-9-7-5-3-1-2-4-6-8-10-12-14;7-1-3(9)5(11)6(12)4(10)2-8/h13-14H,1-12H2;3-12H,1-2H2. The van der Waals surface area contributed by atoms with E-state index in [0.717, 1.165) is 12.8 Å². The van der Waals surface area contributed by atoms with Gasteiger partial charge in [0.15, 0.2) is 0 Å². The molecule has 0 aliphatic heterocycles. The van der Waals surface area contributed by atoms with Gasteiger partial charge in [-0.3, -0.25) is 0 Å². The van der Waals surface area contributed by atoms with E-state index in [-0.39, 0.29) is 0 Å². The Labute approximate surface area is 156 Å². The molecule has 0 aromatic carbocycles. The number of aliphatic hydroxyl groups excluding tert-OH is 8. The van der Waals surface area contributed by atoms with Crippen LogP contribution in [-0.2, 0) is 0 Å². The third-order valence-electron chi connectivity index (χ3n) is 4.08. The lowest BCUT2D eigenvalue weighted by atomic mass is 10.0. The molecule has 4 unspecified atom stereocenters. The van der Waals surface area contributed by atoms with Crippen molar-refractivity contribution in [1.29, 1.82) is 0 Å². The van der Waals surface area contributed by atoms with E-state index in [1.807, 2.05) is 0 Å². The van der Waals surface area contributed by atoms with Gasteiger partial charge >= 0.3 is 0 Å². The minimum Gasteiger partial charge on any atom is -0.396 e. The molecule has 0 amide bonds. The maximum atomic E-state index is 8.96. The Hall–Kier alpha value is -0.320. The summed E-state index contributed by atoms with van der Waals surface area (Å²) in [4.78, 5) is 0. The molecule has 0 aromatic heterocycles. The highest BCUT2D eigenvalue weighted by atomic mass is 16.4. The molecular formula is C18H40O8. The predicted molar refractivity (Wildman–Crippen MR) is 98.5 cm³/mol. The van der Waals surface area contributed by atoms with Gasteiger partial charge in [-0.1, -0.05) is 51.4 Å². The van der Waals surface area contributed by atoms with Crippen molar-refractivity contribution in [3.8, 4) is 0 Å². The van der Waals surface area contributed by atoms with Crippen LogP contribution in [0.5, 0.6) is 0 Å². The smallest absolute Gasteiger partial charge is 0.111 e. The average Bonchev–Trinajstić information content (AvgIpc) is 2.67. The largest absolute Gasteiger partial charge is 0.396 e. The monoisotopic (exact) mass is 384 g/mol. The van der Waals surface area contributed by atoms with E-state index in [0.29, 0.717) is 13.2 Å². The second kappa shape index (κ2) is 21.0. The van der Waals surface area contributed by atoms with Crippen molar-refractivity contribution in [3.05, 3.63) is 0 Å². The summed E-state index contributed by atoms with van der Waals surface area (Å²) in [6.07, 6.45) is 5.77. The molecule has 26 heavy (non-hydrogen) atoms. The fraction of sp³-hybridized carbons (Fsp3) is 1.00. The molecule has 0 aliphatic rings. The molecule has 0 aromatic rings. The van der Waals surface area contributed by atoms with Gasteiger partial charge in [0.2, 0.25) is 0 Å². The van der Waals surface area contributed by atoms with Crippen molar-refractivity contribution >= 4 is 0 Å². The lowest BCUT2D eigenvalue weighted by molar-refractivity contribution is -0.123. The number of aliphatic hydroxyl groups is 8. The summed E-state index contributed by atoms with van der Waals surface area (Å²) in [7, 11) is 0. The topological polar surface area (TPSA) is 162 Å². The van der Waals surface area contributed by atoms with E-state index in [1.54, 1.807) is 0 Å². The highest BCUT2D eigenvalue weighted by Crippen LogP contribution is 2.10. The molecule has 8 heteroatoms. The van der Waals surface area contributed by atoms with Gasteiger partial charge in [0, 0.05) is 13.2 Å². The zero-order valence-electron chi connectivity index (χ0n) is 15.8. The molecule has 0 fully saturated rings. The first-order valence-corrected chi connectivity index (χ1v) is 9.61. The van der Waals surface area contributed by atoms with Crippen LogP contribution in [0.4, 0.5) is 0 Å². The molecule has 4 atom stereocenters. The molecule has 0 heterocycles. The second-order valence-corrected chi connectivity index (χ2v) is 6.46. The molecule has 8 N–H and O–H groups in total. The highest BCUT2D eigenvalue weighted by molar-refractivity contribution is 4.79. The van der Waals surface area contributed by atoms with Gasteiger partial charge in [-0.2, -0.15) is 0 Å². The van der Waals surface area contributed by atoms with Gasteiger partial charge in [-0.25, -0.2) is 0 Å².